The molecule has 2 amide bonds. The Hall–Kier alpha value is -3.74. The molecule has 0 bridgehead atoms. The average Bonchev–Trinajstić information content (AvgIpc) is 3.01. The second-order valence-electron chi connectivity index (χ2n) is 10.7. The summed E-state index contributed by atoms with van der Waals surface area (Å²) in [7, 11) is 2.38. The summed E-state index contributed by atoms with van der Waals surface area (Å²) in [6, 6.07) is 24.6. The fourth-order valence-electron chi connectivity index (χ4n) is 4.96. The number of benzene rings is 3. The molecule has 0 fully saturated rings. The Balaban J connectivity index is 1.81. The van der Waals surface area contributed by atoms with E-state index < -0.39 is 25.6 Å². The third kappa shape index (κ3) is 9.97. The maximum Gasteiger partial charge on any atom is 0.512 e. The minimum atomic E-state index is -2.16. The van der Waals surface area contributed by atoms with Gasteiger partial charge in [-0.15, -0.1) is 4.52 Å². The molecule has 9 heteroatoms. The third-order valence-electron chi connectivity index (χ3n) is 7.17. The molecule has 0 aliphatic heterocycles. The zero-order chi connectivity index (χ0) is 30.5. The highest BCUT2D eigenvalue weighted by Crippen LogP contribution is 2.39. The van der Waals surface area contributed by atoms with Gasteiger partial charge >= 0.3 is 8.03 Å². The molecule has 3 N–H and O–H groups in total. The molecule has 0 radical (unpaired) electrons. The lowest BCUT2D eigenvalue weighted by Crippen LogP contribution is -2.50. The van der Waals surface area contributed by atoms with E-state index in [0.717, 1.165) is 22.4 Å². The van der Waals surface area contributed by atoms with E-state index in [0.29, 0.717) is 31.6 Å². The Bertz CT molecular complexity index is 1300. The van der Waals surface area contributed by atoms with Crippen molar-refractivity contribution >= 4 is 25.5 Å². The minimum absolute atomic E-state index is 0.155. The number of ether oxygens (including phenoxy) is 1. The number of methoxy groups -OCH3 is 1. The Kier molecular flexibility index (Phi) is 13.0. The van der Waals surface area contributed by atoms with Crippen molar-refractivity contribution in [1.29, 1.82) is 0 Å². The van der Waals surface area contributed by atoms with E-state index in [2.05, 4.69) is 28.1 Å². The molecule has 0 saturated carbocycles. The summed E-state index contributed by atoms with van der Waals surface area (Å²) in [5.74, 6) is -0.372. The maximum atomic E-state index is 13.9. The van der Waals surface area contributed by atoms with Crippen LogP contribution in [0, 0.1) is 11.8 Å². The number of nitrogens with one attached hydrogen (secondary N) is 3. The minimum Gasteiger partial charge on any atom is -0.497 e. The van der Waals surface area contributed by atoms with Crippen LogP contribution in [0.15, 0.2) is 78.9 Å². The van der Waals surface area contributed by atoms with Gasteiger partial charge in [-0.2, -0.15) is 0 Å². The molecule has 0 aliphatic carbocycles. The van der Waals surface area contributed by atoms with Gasteiger partial charge in [0.25, 0.3) is 0 Å². The zero-order valence-corrected chi connectivity index (χ0v) is 26.0. The lowest BCUT2D eigenvalue weighted by Gasteiger charge is -2.24. The average molecular weight is 593 g/mol. The molecule has 0 spiro atoms. The summed E-state index contributed by atoms with van der Waals surface area (Å²) in [4.78, 5) is 26.7. The van der Waals surface area contributed by atoms with E-state index in [1.165, 1.54) is 7.11 Å². The molecule has 224 valence electrons. The number of carbonyl (C=O) groups is 2. The van der Waals surface area contributed by atoms with Crippen LogP contribution in [0.1, 0.15) is 37.0 Å². The predicted molar refractivity (Wildman–Crippen MR) is 168 cm³/mol. The first kappa shape index (κ1) is 32.8. The van der Waals surface area contributed by atoms with Crippen LogP contribution >= 0.6 is 8.03 Å². The van der Waals surface area contributed by atoms with Crippen LogP contribution in [0.2, 0.25) is 0 Å². The zero-order valence-electron chi connectivity index (χ0n) is 25.1. The first-order chi connectivity index (χ1) is 20.2. The van der Waals surface area contributed by atoms with E-state index in [-0.39, 0.29) is 17.7 Å². The van der Waals surface area contributed by atoms with Gasteiger partial charge in [-0.3, -0.25) is 9.59 Å². The van der Waals surface area contributed by atoms with Crippen LogP contribution in [0.25, 0.3) is 0 Å². The molecule has 0 aliphatic rings. The van der Waals surface area contributed by atoms with Gasteiger partial charge < -0.3 is 20.7 Å². The number of carbonyl (C=O) groups excluding carboxylic acids is 2. The summed E-state index contributed by atoms with van der Waals surface area (Å²) in [5, 5.41) is 9.07. The van der Waals surface area contributed by atoms with Crippen LogP contribution in [0.4, 0.5) is 5.69 Å². The molecule has 3 rings (SSSR count). The van der Waals surface area contributed by atoms with Crippen molar-refractivity contribution in [2.24, 2.45) is 11.8 Å². The normalized spacial score (nSPS) is 13.5. The van der Waals surface area contributed by atoms with Crippen molar-refractivity contribution in [3.8, 4) is 5.75 Å². The molecular weight excluding hydrogens is 549 g/mol. The highest BCUT2D eigenvalue weighted by Gasteiger charge is 2.44. The molecule has 42 heavy (non-hydrogen) atoms. The summed E-state index contributed by atoms with van der Waals surface area (Å²) >= 11 is 0. The number of amides is 2. The Morgan fingerprint density at radius 2 is 1.52 bits per heavy atom. The van der Waals surface area contributed by atoms with Crippen LogP contribution in [-0.4, -0.2) is 44.8 Å². The number of rotatable bonds is 16. The van der Waals surface area contributed by atoms with E-state index in [1.54, 1.807) is 14.2 Å². The number of hydrogen-bond donors (Lipinski definition) is 3. The quantitative estimate of drug-likeness (QED) is 0.183. The first-order valence-electron chi connectivity index (χ1n) is 14.3. The fraction of sp³-hybridized carbons (Fsp3) is 0.394. The molecule has 0 aromatic heterocycles. The second-order valence-corrected chi connectivity index (χ2v) is 12.3. The van der Waals surface area contributed by atoms with Crippen LogP contribution < -0.4 is 20.7 Å². The van der Waals surface area contributed by atoms with Crippen molar-refractivity contribution in [3.05, 3.63) is 95.6 Å². The van der Waals surface area contributed by atoms with E-state index >= 15 is 0 Å². The van der Waals surface area contributed by atoms with Gasteiger partial charge in [0.15, 0.2) is 0 Å². The molecule has 4 atom stereocenters. The van der Waals surface area contributed by atoms with Crippen molar-refractivity contribution in [2.45, 2.75) is 51.4 Å². The smallest absolute Gasteiger partial charge is 0.497 e. The molecule has 0 heterocycles. The number of hydrogen-bond acceptors (Lipinski definition) is 6. The topological polar surface area (TPSA) is 106 Å². The first-order valence-corrected chi connectivity index (χ1v) is 15.5. The number of anilines is 1. The standard InChI is InChI=1S/C33H42N3O5P/c1-23(2)18-29(32(37)36-30(33(38)34-3)20-24-14-16-28(40-4)17-15-24)31(42(39)41-5)21-26-12-9-13-27(19-26)35-22-25-10-7-6-8-11-25/h6-17,19,23,29-31,35H,18,20-22H2,1-5H3,(H-,34,36,37,38)/p+1. The molecule has 8 nitrogen and oxygen atoms in total. The monoisotopic (exact) mass is 592 g/mol. The Labute approximate surface area is 250 Å². The van der Waals surface area contributed by atoms with Crippen molar-refractivity contribution < 1.29 is 23.4 Å². The Morgan fingerprint density at radius 1 is 0.833 bits per heavy atom. The van der Waals surface area contributed by atoms with Crippen molar-refractivity contribution in [1.82, 2.24) is 10.6 Å². The van der Waals surface area contributed by atoms with Gasteiger partial charge in [-0.1, -0.05) is 68.4 Å². The highest BCUT2D eigenvalue weighted by atomic mass is 31.1. The van der Waals surface area contributed by atoms with E-state index in [1.807, 2.05) is 80.6 Å². The molecule has 3 aromatic carbocycles. The molecule has 3 aromatic rings. The largest absolute Gasteiger partial charge is 0.512 e. The van der Waals surface area contributed by atoms with E-state index in [4.69, 9.17) is 9.26 Å². The molecule has 0 saturated heterocycles. The van der Waals surface area contributed by atoms with E-state index in [9.17, 15) is 14.2 Å². The van der Waals surface area contributed by atoms with Gasteiger partial charge in [0, 0.05) is 32.1 Å². The Morgan fingerprint density at radius 3 is 2.14 bits per heavy atom. The van der Waals surface area contributed by atoms with Gasteiger partial charge in [0.05, 0.1) is 20.1 Å². The second kappa shape index (κ2) is 16.6. The van der Waals surface area contributed by atoms with Crippen LogP contribution in [0.5, 0.6) is 5.75 Å². The van der Waals surface area contributed by atoms with Crippen LogP contribution in [0.3, 0.4) is 0 Å². The SMILES string of the molecule is CNC(=O)C(Cc1ccc(OC)cc1)NC(=O)C(CC(C)C)C(Cc1cccc(NCc2ccccc2)c1)[P+](=O)OC. The van der Waals surface area contributed by atoms with Gasteiger partial charge in [0.2, 0.25) is 17.5 Å². The maximum absolute atomic E-state index is 13.9. The van der Waals surface area contributed by atoms with Crippen LogP contribution in [-0.2, 0) is 38.1 Å². The summed E-state index contributed by atoms with van der Waals surface area (Å²) in [6.07, 6.45) is 1.19. The summed E-state index contributed by atoms with van der Waals surface area (Å²) in [5.41, 5.74) is 3.35. The lowest BCUT2D eigenvalue weighted by molar-refractivity contribution is -0.131. The number of likely N-dealkylation sites (N-methyl/N-ethyl adjacent to an activating group) is 1. The lowest BCUT2D eigenvalue weighted by atomic mass is 9.89. The van der Waals surface area contributed by atoms with Gasteiger partial charge in [0.1, 0.15) is 11.8 Å². The highest BCUT2D eigenvalue weighted by molar-refractivity contribution is 7.40. The summed E-state index contributed by atoms with van der Waals surface area (Å²) in [6.45, 7) is 4.73. The van der Waals surface area contributed by atoms with Crippen molar-refractivity contribution in [2.75, 3.05) is 26.6 Å². The van der Waals surface area contributed by atoms with Gasteiger partial charge in [-0.25, -0.2) is 0 Å². The predicted octanol–water partition coefficient (Wildman–Crippen LogP) is 5.74. The fourth-order valence-corrected chi connectivity index (χ4v) is 6.14. The molecular formula is C33H43N3O5P+. The van der Waals surface area contributed by atoms with Gasteiger partial charge in [-0.05, 0) is 57.9 Å². The van der Waals surface area contributed by atoms with Crippen molar-refractivity contribution in [3.63, 3.8) is 0 Å². The molecule has 4 unspecified atom stereocenters. The third-order valence-corrected chi connectivity index (χ3v) is 8.61. The summed E-state index contributed by atoms with van der Waals surface area (Å²) < 4.78 is 23.9.